The van der Waals surface area contributed by atoms with Crippen molar-refractivity contribution in [1.82, 2.24) is 9.88 Å². The predicted molar refractivity (Wildman–Crippen MR) is 87.8 cm³/mol. The number of rotatable bonds is 5. The molecule has 0 bridgehead atoms. The van der Waals surface area contributed by atoms with Crippen molar-refractivity contribution < 1.29 is 19.1 Å². The average molecular weight is 349 g/mol. The van der Waals surface area contributed by atoms with Crippen LogP contribution in [0.2, 0.25) is 0 Å². The molecule has 1 aliphatic rings. The molecule has 24 heavy (non-hydrogen) atoms. The Hall–Kier alpha value is -2.11. The molecule has 0 atom stereocenters. The molecule has 0 unspecified atom stereocenters. The second kappa shape index (κ2) is 8.66. The second-order valence-electron chi connectivity index (χ2n) is 5.09. The van der Waals surface area contributed by atoms with Gasteiger partial charge < -0.3 is 14.4 Å². The second-order valence-corrected chi connectivity index (χ2v) is 6.05. The van der Waals surface area contributed by atoms with Gasteiger partial charge in [0.25, 0.3) is 0 Å². The van der Waals surface area contributed by atoms with Crippen LogP contribution in [0, 0.1) is 18.3 Å². The van der Waals surface area contributed by atoms with Crippen LogP contribution in [0.3, 0.4) is 0 Å². The minimum absolute atomic E-state index is 0.0129. The normalized spacial score (nSPS) is 14.1. The summed E-state index contributed by atoms with van der Waals surface area (Å²) < 4.78 is 10.2. The van der Waals surface area contributed by atoms with Crippen LogP contribution in [0.5, 0.6) is 0 Å². The van der Waals surface area contributed by atoms with Crippen LogP contribution in [0.4, 0.5) is 0 Å². The van der Waals surface area contributed by atoms with E-state index in [1.54, 1.807) is 18.7 Å². The van der Waals surface area contributed by atoms with Gasteiger partial charge >= 0.3 is 5.97 Å². The number of nitriles is 1. The molecule has 0 spiro atoms. The lowest BCUT2D eigenvalue weighted by atomic mass is 10.1. The van der Waals surface area contributed by atoms with Crippen LogP contribution >= 0.6 is 11.8 Å². The molecule has 1 aliphatic heterocycles. The van der Waals surface area contributed by atoms with Gasteiger partial charge in [0.2, 0.25) is 5.91 Å². The zero-order chi connectivity index (χ0) is 17.5. The molecule has 2 rings (SSSR count). The lowest BCUT2D eigenvalue weighted by Crippen LogP contribution is -2.41. The quantitative estimate of drug-likeness (QED) is 0.586. The van der Waals surface area contributed by atoms with Gasteiger partial charge in [-0.05, 0) is 19.9 Å². The van der Waals surface area contributed by atoms with Crippen molar-refractivity contribution in [1.29, 1.82) is 5.26 Å². The molecule has 8 heteroatoms. The number of carbonyl (C=O) groups excluding carboxylic acids is 2. The average Bonchev–Trinajstić information content (AvgIpc) is 2.60. The molecule has 1 aromatic rings. The Morgan fingerprint density at radius 1 is 1.46 bits per heavy atom. The van der Waals surface area contributed by atoms with E-state index >= 15 is 0 Å². The number of pyridine rings is 1. The van der Waals surface area contributed by atoms with Gasteiger partial charge in [0.15, 0.2) is 0 Å². The molecule has 0 N–H and O–H groups in total. The lowest BCUT2D eigenvalue weighted by Gasteiger charge is -2.26. The number of morpholine rings is 1. The largest absolute Gasteiger partial charge is 0.462 e. The third-order valence-corrected chi connectivity index (χ3v) is 4.47. The molecule has 0 radical (unpaired) electrons. The van der Waals surface area contributed by atoms with Gasteiger partial charge in [-0.25, -0.2) is 9.78 Å². The Labute approximate surface area is 144 Å². The first-order valence-corrected chi connectivity index (χ1v) is 8.62. The van der Waals surface area contributed by atoms with Crippen LogP contribution in [-0.2, 0) is 14.3 Å². The summed E-state index contributed by atoms with van der Waals surface area (Å²) >= 11 is 1.20. The first-order valence-electron chi connectivity index (χ1n) is 7.64. The molecule has 7 nitrogen and oxygen atoms in total. The van der Waals surface area contributed by atoms with E-state index in [0.29, 0.717) is 37.0 Å². The lowest BCUT2D eigenvalue weighted by molar-refractivity contribution is -0.132. The van der Waals surface area contributed by atoms with Crippen LogP contribution < -0.4 is 0 Å². The van der Waals surface area contributed by atoms with Gasteiger partial charge in [0, 0.05) is 13.1 Å². The monoisotopic (exact) mass is 349 g/mol. The number of aromatic nitrogens is 1. The van der Waals surface area contributed by atoms with E-state index in [9.17, 15) is 14.9 Å². The Bertz CT molecular complexity index is 666. The van der Waals surface area contributed by atoms with Crippen molar-refractivity contribution in [2.75, 3.05) is 38.7 Å². The number of aryl methyl sites for hydroxylation is 1. The molecule has 1 amide bonds. The van der Waals surface area contributed by atoms with Crippen molar-refractivity contribution >= 4 is 23.6 Å². The first kappa shape index (κ1) is 18.2. The zero-order valence-electron chi connectivity index (χ0n) is 13.7. The fraction of sp³-hybridized carbons (Fsp3) is 0.500. The van der Waals surface area contributed by atoms with E-state index in [-0.39, 0.29) is 29.4 Å². The number of hydrogen-bond acceptors (Lipinski definition) is 7. The highest BCUT2D eigenvalue weighted by atomic mass is 32.2. The van der Waals surface area contributed by atoms with E-state index < -0.39 is 5.97 Å². The summed E-state index contributed by atoms with van der Waals surface area (Å²) in [6.07, 6.45) is 0. The fourth-order valence-electron chi connectivity index (χ4n) is 2.22. The molecular weight excluding hydrogens is 330 g/mol. The molecule has 1 aromatic heterocycles. The van der Waals surface area contributed by atoms with Gasteiger partial charge in [0.1, 0.15) is 11.1 Å². The summed E-state index contributed by atoms with van der Waals surface area (Å²) in [5.41, 5.74) is 1.02. The van der Waals surface area contributed by atoms with E-state index in [1.165, 1.54) is 17.8 Å². The number of amides is 1. The number of carbonyl (C=O) groups is 2. The summed E-state index contributed by atoms with van der Waals surface area (Å²) in [5, 5.41) is 9.74. The Morgan fingerprint density at radius 3 is 2.79 bits per heavy atom. The minimum Gasteiger partial charge on any atom is -0.462 e. The summed E-state index contributed by atoms with van der Waals surface area (Å²) in [7, 11) is 0. The maximum absolute atomic E-state index is 12.2. The maximum Gasteiger partial charge on any atom is 0.340 e. The molecule has 2 heterocycles. The molecular formula is C16H19N3O4S. The summed E-state index contributed by atoms with van der Waals surface area (Å²) in [5.74, 6) is -0.319. The molecule has 1 saturated heterocycles. The predicted octanol–water partition coefficient (Wildman–Crippen LogP) is 1.39. The summed E-state index contributed by atoms with van der Waals surface area (Å²) in [6, 6.07) is 3.50. The maximum atomic E-state index is 12.2. The molecule has 0 aromatic carbocycles. The van der Waals surface area contributed by atoms with Gasteiger partial charge in [0.05, 0.1) is 42.4 Å². The Balaban J connectivity index is 2.09. The van der Waals surface area contributed by atoms with E-state index in [4.69, 9.17) is 9.47 Å². The van der Waals surface area contributed by atoms with Crippen molar-refractivity contribution in [2.24, 2.45) is 0 Å². The highest BCUT2D eigenvalue weighted by Gasteiger charge is 2.20. The van der Waals surface area contributed by atoms with E-state index in [1.807, 2.05) is 6.07 Å². The summed E-state index contributed by atoms with van der Waals surface area (Å²) in [4.78, 5) is 30.1. The molecule has 1 fully saturated rings. The third-order valence-electron chi connectivity index (χ3n) is 3.49. The topological polar surface area (TPSA) is 92.5 Å². The van der Waals surface area contributed by atoms with Gasteiger partial charge in [-0.15, -0.1) is 0 Å². The SMILES string of the molecule is CCOC(=O)c1cc(C#N)c(SCC(=O)N2CCOCC2)nc1C. The van der Waals surface area contributed by atoms with Crippen LogP contribution in [0.25, 0.3) is 0 Å². The first-order chi connectivity index (χ1) is 11.6. The van der Waals surface area contributed by atoms with Gasteiger partial charge in [-0.1, -0.05) is 11.8 Å². The fourth-order valence-corrected chi connectivity index (χ4v) is 3.13. The number of thioether (sulfide) groups is 1. The van der Waals surface area contributed by atoms with Crippen molar-refractivity contribution in [3.05, 3.63) is 22.9 Å². The van der Waals surface area contributed by atoms with Crippen LogP contribution in [0.15, 0.2) is 11.1 Å². The standard InChI is InChI=1S/C16H19N3O4S/c1-3-23-16(21)13-8-12(9-17)15(18-11(13)2)24-10-14(20)19-4-6-22-7-5-19/h8H,3-7,10H2,1-2H3. The highest BCUT2D eigenvalue weighted by Crippen LogP contribution is 2.23. The van der Waals surface area contributed by atoms with Gasteiger partial charge in [-0.2, -0.15) is 5.26 Å². The van der Waals surface area contributed by atoms with Crippen molar-refractivity contribution in [3.8, 4) is 6.07 Å². The minimum atomic E-state index is -0.500. The van der Waals surface area contributed by atoms with Gasteiger partial charge in [-0.3, -0.25) is 4.79 Å². The van der Waals surface area contributed by atoms with Crippen molar-refractivity contribution in [3.63, 3.8) is 0 Å². The highest BCUT2D eigenvalue weighted by molar-refractivity contribution is 7.99. The van der Waals surface area contributed by atoms with Crippen LogP contribution in [0.1, 0.15) is 28.5 Å². The molecule has 0 saturated carbocycles. The number of esters is 1. The van der Waals surface area contributed by atoms with Crippen molar-refractivity contribution in [2.45, 2.75) is 18.9 Å². The number of hydrogen-bond donors (Lipinski definition) is 0. The third kappa shape index (κ3) is 4.46. The summed E-state index contributed by atoms with van der Waals surface area (Å²) in [6.45, 7) is 5.91. The number of ether oxygens (including phenoxy) is 2. The number of nitrogens with zero attached hydrogens (tertiary/aromatic N) is 3. The van der Waals surface area contributed by atoms with E-state index in [0.717, 1.165) is 0 Å². The molecule has 0 aliphatic carbocycles. The Morgan fingerprint density at radius 2 is 2.17 bits per heavy atom. The zero-order valence-corrected chi connectivity index (χ0v) is 14.5. The smallest absolute Gasteiger partial charge is 0.340 e. The Kier molecular flexibility index (Phi) is 6.58. The molecule has 128 valence electrons. The van der Waals surface area contributed by atoms with E-state index in [2.05, 4.69) is 4.98 Å². The van der Waals surface area contributed by atoms with Crippen LogP contribution in [-0.4, -0.2) is 60.4 Å².